The van der Waals surface area contributed by atoms with E-state index < -0.39 is 5.54 Å². The van der Waals surface area contributed by atoms with E-state index in [1.54, 1.807) is 0 Å². The zero-order valence-electron chi connectivity index (χ0n) is 10.6. The molecular weight excluding hydrogens is 218 g/mol. The number of azide groups is 1. The maximum absolute atomic E-state index is 11.8. The highest BCUT2D eigenvalue weighted by Crippen LogP contribution is 2.43. The highest BCUT2D eigenvalue weighted by molar-refractivity contribution is 5.85. The summed E-state index contributed by atoms with van der Waals surface area (Å²) in [6, 6.07) is 0. The van der Waals surface area contributed by atoms with Gasteiger partial charge >= 0.3 is 0 Å². The lowest BCUT2D eigenvalue weighted by Gasteiger charge is -2.48. The number of carbonyl (C=O) groups is 1. The van der Waals surface area contributed by atoms with Crippen molar-refractivity contribution in [1.29, 1.82) is 0 Å². The molecular formula is C11H21N5O. The molecule has 1 rings (SSSR count). The topological polar surface area (TPSA) is 104 Å². The van der Waals surface area contributed by atoms with Crippen LogP contribution in [0, 0.1) is 5.41 Å². The van der Waals surface area contributed by atoms with Gasteiger partial charge < -0.3 is 11.1 Å². The molecule has 1 aliphatic rings. The van der Waals surface area contributed by atoms with Crippen molar-refractivity contribution in [3.05, 3.63) is 10.4 Å². The van der Waals surface area contributed by atoms with Crippen LogP contribution in [0.1, 0.15) is 39.5 Å². The van der Waals surface area contributed by atoms with E-state index in [0.29, 0.717) is 13.1 Å². The average molecular weight is 239 g/mol. The predicted molar refractivity (Wildman–Crippen MR) is 66.2 cm³/mol. The maximum Gasteiger partial charge on any atom is 0.238 e. The minimum atomic E-state index is -0.670. The van der Waals surface area contributed by atoms with Crippen LogP contribution in [0.15, 0.2) is 5.11 Å². The summed E-state index contributed by atoms with van der Waals surface area (Å²) in [6.45, 7) is 4.95. The summed E-state index contributed by atoms with van der Waals surface area (Å²) in [5.41, 5.74) is 13.0. The second-order valence-electron chi connectivity index (χ2n) is 5.24. The summed E-state index contributed by atoms with van der Waals surface area (Å²) in [4.78, 5) is 14.5. The third-order valence-corrected chi connectivity index (χ3v) is 3.88. The molecule has 0 aromatic rings. The van der Waals surface area contributed by atoms with Gasteiger partial charge in [0.15, 0.2) is 0 Å². The fourth-order valence-electron chi connectivity index (χ4n) is 2.74. The van der Waals surface area contributed by atoms with Crippen LogP contribution in [0.5, 0.6) is 0 Å². The molecule has 1 amide bonds. The Balaban J connectivity index is 2.80. The number of nitrogens with one attached hydrogen (secondary N) is 1. The third kappa shape index (κ3) is 2.70. The predicted octanol–water partition coefficient (Wildman–Crippen LogP) is 1.71. The number of hydrogen-bond acceptors (Lipinski definition) is 3. The number of nitrogens with two attached hydrogens (primary N) is 1. The molecule has 0 spiro atoms. The van der Waals surface area contributed by atoms with Gasteiger partial charge in [-0.1, -0.05) is 31.8 Å². The fourth-order valence-corrected chi connectivity index (χ4v) is 2.74. The van der Waals surface area contributed by atoms with Gasteiger partial charge in [-0.05, 0) is 23.8 Å². The van der Waals surface area contributed by atoms with E-state index in [1.807, 2.05) is 0 Å². The van der Waals surface area contributed by atoms with E-state index in [1.165, 1.54) is 0 Å². The molecule has 1 atom stereocenters. The van der Waals surface area contributed by atoms with Crippen LogP contribution in [0.3, 0.4) is 0 Å². The van der Waals surface area contributed by atoms with Crippen LogP contribution < -0.4 is 11.1 Å². The molecule has 1 fully saturated rings. The molecule has 0 radical (unpaired) electrons. The summed E-state index contributed by atoms with van der Waals surface area (Å²) in [7, 11) is 0. The van der Waals surface area contributed by atoms with E-state index in [-0.39, 0.29) is 11.3 Å². The van der Waals surface area contributed by atoms with Crippen LogP contribution in [0.4, 0.5) is 0 Å². The van der Waals surface area contributed by atoms with Crippen molar-refractivity contribution in [2.45, 2.75) is 45.1 Å². The summed E-state index contributed by atoms with van der Waals surface area (Å²) < 4.78 is 0. The Morgan fingerprint density at radius 1 is 1.47 bits per heavy atom. The van der Waals surface area contributed by atoms with E-state index in [2.05, 4.69) is 29.2 Å². The van der Waals surface area contributed by atoms with Crippen LogP contribution in [0.2, 0.25) is 0 Å². The third-order valence-electron chi connectivity index (χ3n) is 3.88. The molecule has 0 bridgehead atoms. The first kappa shape index (κ1) is 13.8. The zero-order chi connectivity index (χ0) is 12.9. The minimum absolute atomic E-state index is 0.159. The molecule has 6 nitrogen and oxygen atoms in total. The van der Waals surface area contributed by atoms with Crippen molar-refractivity contribution in [3.8, 4) is 0 Å². The van der Waals surface area contributed by atoms with Gasteiger partial charge in [0.2, 0.25) is 5.91 Å². The van der Waals surface area contributed by atoms with Crippen molar-refractivity contribution in [2.24, 2.45) is 16.3 Å². The van der Waals surface area contributed by atoms with E-state index in [9.17, 15) is 4.79 Å². The molecule has 1 unspecified atom stereocenters. The molecule has 0 heterocycles. The van der Waals surface area contributed by atoms with Crippen LogP contribution >= 0.6 is 0 Å². The second-order valence-corrected chi connectivity index (χ2v) is 5.24. The van der Waals surface area contributed by atoms with Gasteiger partial charge in [-0.2, -0.15) is 0 Å². The number of amides is 1. The van der Waals surface area contributed by atoms with Crippen molar-refractivity contribution in [2.75, 3.05) is 13.1 Å². The van der Waals surface area contributed by atoms with Gasteiger partial charge in [0.25, 0.3) is 0 Å². The van der Waals surface area contributed by atoms with E-state index in [0.717, 1.165) is 25.7 Å². The van der Waals surface area contributed by atoms with Gasteiger partial charge in [0, 0.05) is 18.0 Å². The normalized spacial score (nSPS) is 27.2. The lowest BCUT2D eigenvalue weighted by molar-refractivity contribution is -0.131. The Morgan fingerprint density at radius 2 is 2.12 bits per heavy atom. The minimum Gasteiger partial charge on any atom is -0.368 e. The lowest BCUT2D eigenvalue weighted by atomic mass is 9.62. The van der Waals surface area contributed by atoms with Gasteiger partial charge in [-0.3, -0.25) is 4.79 Å². The highest BCUT2D eigenvalue weighted by Gasteiger charge is 2.50. The number of nitrogens with zero attached hydrogens (tertiary/aromatic N) is 3. The van der Waals surface area contributed by atoms with Crippen LogP contribution in [0.25, 0.3) is 10.4 Å². The first-order valence-electron chi connectivity index (χ1n) is 6.02. The van der Waals surface area contributed by atoms with Crippen molar-refractivity contribution >= 4 is 5.91 Å². The number of carbonyl (C=O) groups excluding carboxylic acids is 1. The Hall–Kier alpha value is -1.26. The van der Waals surface area contributed by atoms with Gasteiger partial charge in [-0.25, -0.2) is 0 Å². The van der Waals surface area contributed by atoms with Crippen LogP contribution in [-0.2, 0) is 4.79 Å². The molecule has 3 N–H and O–H groups in total. The van der Waals surface area contributed by atoms with Crippen molar-refractivity contribution in [3.63, 3.8) is 0 Å². The van der Waals surface area contributed by atoms with E-state index >= 15 is 0 Å². The summed E-state index contributed by atoms with van der Waals surface area (Å²) in [5.74, 6) is -0.303. The second kappa shape index (κ2) is 5.38. The molecule has 0 saturated heterocycles. The molecule has 96 valence electrons. The Kier molecular flexibility index (Phi) is 4.37. The first-order chi connectivity index (χ1) is 7.96. The highest BCUT2D eigenvalue weighted by atomic mass is 16.1. The molecule has 1 aliphatic carbocycles. The Labute approximate surface area is 102 Å². The quantitative estimate of drug-likeness (QED) is 0.330. The van der Waals surface area contributed by atoms with E-state index in [4.69, 9.17) is 11.3 Å². The van der Waals surface area contributed by atoms with Gasteiger partial charge in [0.05, 0.1) is 0 Å². The SMILES string of the molecule is CC1(C)CCCCC1(NCCN=[N+]=[N-])C(N)=O. The summed E-state index contributed by atoms with van der Waals surface area (Å²) >= 11 is 0. The standard InChI is InChI=1S/C11H21N5O/c1-10(2)5-3-4-6-11(10,9(12)17)14-7-8-15-16-13/h14H,3-8H2,1-2H3,(H2,12,17). The molecule has 0 aromatic heterocycles. The first-order valence-corrected chi connectivity index (χ1v) is 6.02. The number of rotatable bonds is 5. The molecule has 6 heteroatoms. The maximum atomic E-state index is 11.8. The smallest absolute Gasteiger partial charge is 0.238 e. The van der Waals surface area contributed by atoms with Crippen LogP contribution in [-0.4, -0.2) is 24.5 Å². The molecule has 17 heavy (non-hydrogen) atoms. The molecule has 0 aromatic carbocycles. The largest absolute Gasteiger partial charge is 0.368 e. The van der Waals surface area contributed by atoms with Crippen molar-refractivity contribution in [1.82, 2.24) is 5.32 Å². The van der Waals surface area contributed by atoms with Gasteiger partial charge in [-0.15, -0.1) is 0 Å². The fraction of sp³-hybridized carbons (Fsp3) is 0.909. The zero-order valence-corrected chi connectivity index (χ0v) is 10.6. The molecule has 0 aliphatic heterocycles. The summed E-state index contributed by atoms with van der Waals surface area (Å²) in [6.07, 6.45) is 3.86. The Bertz CT molecular complexity index is 335. The number of primary amides is 1. The van der Waals surface area contributed by atoms with Crippen molar-refractivity contribution < 1.29 is 4.79 Å². The Morgan fingerprint density at radius 3 is 2.65 bits per heavy atom. The number of hydrogen-bond donors (Lipinski definition) is 2. The monoisotopic (exact) mass is 239 g/mol. The van der Waals surface area contributed by atoms with Gasteiger partial charge in [0.1, 0.15) is 5.54 Å². The summed E-state index contributed by atoms with van der Waals surface area (Å²) in [5, 5.41) is 6.68. The molecule has 1 saturated carbocycles. The average Bonchev–Trinajstić information content (AvgIpc) is 2.25. The lowest BCUT2D eigenvalue weighted by Crippen LogP contribution is -2.65.